The minimum absolute atomic E-state index is 0.152. The second-order valence-corrected chi connectivity index (χ2v) is 6.28. The molecule has 7 heteroatoms. The lowest BCUT2D eigenvalue weighted by molar-refractivity contribution is 0.940. The molecule has 5 nitrogen and oxygen atoms in total. The number of nitrogens with one attached hydrogen (secondary N) is 1. The van der Waals surface area contributed by atoms with Crippen LogP contribution < -0.4 is 11.3 Å². The summed E-state index contributed by atoms with van der Waals surface area (Å²) in [6.45, 7) is 1.75. The van der Waals surface area contributed by atoms with Gasteiger partial charge in [0.25, 0.3) is 5.56 Å². The van der Waals surface area contributed by atoms with Gasteiger partial charge in [-0.05, 0) is 36.9 Å². The zero-order valence-electron chi connectivity index (χ0n) is 10.0. The number of hydrogen-bond acceptors (Lipinski definition) is 6. The molecule has 2 aromatic heterocycles. The lowest BCUT2D eigenvalue weighted by atomic mass is 10.3. The third kappa shape index (κ3) is 2.61. The van der Waals surface area contributed by atoms with Gasteiger partial charge in [0.15, 0.2) is 4.34 Å². The fourth-order valence-electron chi connectivity index (χ4n) is 1.66. The van der Waals surface area contributed by atoms with Gasteiger partial charge in [-0.15, -0.1) is 11.3 Å². The van der Waals surface area contributed by atoms with E-state index in [1.54, 1.807) is 6.92 Å². The Kier molecular flexibility index (Phi) is 3.00. The van der Waals surface area contributed by atoms with Crippen LogP contribution in [0.2, 0.25) is 0 Å². The summed E-state index contributed by atoms with van der Waals surface area (Å²) in [7, 11) is 0. The zero-order valence-corrected chi connectivity index (χ0v) is 11.6. The van der Waals surface area contributed by atoms with E-state index in [-0.39, 0.29) is 5.56 Å². The average Bonchev–Trinajstić information content (AvgIpc) is 2.68. The molecule has 0 amide bonds. The molecule has 0 unspecified atom stereocenters. The summed E-state index contributed by atoms with van der Waals surface area (Å²) in [4.78, 5) is 22.7. The molecule has 3 rings (SSSR count). The number of nitrogens with zero attached hydrogens (tertiary/aromatic N) is 2. The molecule has 19 heavy (non-hydrogen) atoms. The standard InChI is InChI=1S/C12H10N4OS2/c1-6-14-10(17)5-11(15-6)19-12-16-8-3-2-7(13)4-9(8)18-12/h2-5H,13H2,1H3,(H,14,15,17). The quantitative estimate of drug-likeness (QED) is 0.559. The number of benzene rings is 1. The van der Waals surface area contributed by atoms with Crippen LogP contribution in [-0.4, -0.2) is 15.0 Å². The first kappa shape index (κ1) is 12.2. The van der Waals surface area contributed by atoms with Crippen LogP contribution in [0.3, 0.4) is 0 Å². The van der Waals surface area contributed by atoms with Crippen LogP contribution in [0.15, 0.2) is 38.4 Å². The van der Waals surface area contributed by atoms with Crippen molar-refractivity contribution < 1.29 is 0 Å². The molecule has 2 heterocycles. The Morgan fingerprint density at radius 3 is 2.95 bits per heavy atom. The third-order valence-electron chi connectivity index (χ3n) is 2.42. The summed E-state index contributed by atoms with van der Waals surface area (Å²) in [5, 5.41) is 0.647. The van der Waals surface area contributed by atoms with Gasteiger partial charge in [0.1, 0.15) is 10.9 Å². The first-order chi connectivity index (χ1) is 9.10. The number of aryl methyl sites for hydroxylation is 1. The van der Waals surface area contributed by atoms with Crippen molar-refractivity contribution in [2.24, 2.45) is 0 Å². The van der Waals surface area contributed by atoms with Gasteiger partial charge in [0.2, 0.25) is 0 Å². The van der Waals surface area contributed by atoms with Crippen molar-refractivity contribution >= 4 is 39.0 Å². The van der Waals surface area contributed by atoms with E-state index in [9.17, 15) is 4.79 Å². The lowest BCUT2D eigenvalue weighted by Crippen LogP contribution is -2.07. The Bertz CT molecular complexity index is 809. The van der Waals surface area contributed by atoms with Gasteiger partial charge < -0.3 is 10.7 Å². The molecule has 0 spiro atoms. The number of rotatable bonds is 2. The van der Waals surface area contributed by atoms with Crippen molar-refractivity contribution in [3.8, 4) is 0 Å². The van der Waals surface area contributed by atoms with Gasteiger partial charge in [-0.3, -0.25) is 4.79 Å². The van der Waals surface area contributed by atoms with Crippen molar-refractivity contribution in [1.29, 1.82) is 0 Å². The topological polar surface area (TPSA) is 84.7 Å². The van der Waals surface area contributed by atoms with Crippen LogP contribution in [0.25, 0.3) is 10.2 Å². The first-order valence-electron chi connectivity index (χ1n) is 5.52. The predicted molar refractivity (Wildman–Crippen MR) is 77.8 cm³/mol. The molecule has 1 aromatic carbocycles. The lowest BCUT2D eigenvalue weighted by Gasteiger charge is -1.97. The number of fused-ring (bicyclic) bond motifs is 1. The molecule has 0 aliphatic rings. The Morgan fingerprint density at radius 2 is 2.16 bits per heavy atom. The first-order valence-corrected chi connectivity index (χ1v) is 7.15. The van der Waals surface area contributed by atoms with Gasteiger partial charge in [0.05, 0.1) is 10.2 Å². The van der Waals surface area contributed by atoms with Crippen molar-refractivity contribution in [1.82, 2.24) is 15.0 Å². The molecule has 0 bridgehead atoms. The van der Waals surface area contributed by atoms with E-state index in [1.165, 1.54) is 29.2 Å². The van der Waals surface area contributed by atoms with Gasteiger partial charge in [-0.25, -0.2) is 9.97 Å². The largest absolute Gasteiger partial charge is 0.399 e. The highest BCUT2D eigenvalue weighted by Gasteiger charge is 2.07. The van der Waals surface area contributed by atoms with Gasteiger partial charge in [0, 0.05) is 11.8 Å². The summed E-state index contributed by atoms with van der Waals surface area (Å²) in [6.07, 6.45) is 0. The Labute approximate surface area is 116 Å². The monoisotopic (exact) mass is 290 g/mol. The van der Waals surface area contributed by atoms with E-state index in [1.807, 2.05) is 18.2 Å². The molecule has 0 saturated heterocycles. The Hall–Kier alpha value is -1.86. The molecule has 0 aliphatic heterocycles. The summed E-state index contributed by atoms with van der Waals surface area (Å²) < 4.78 is 1.88. The van der Waals surface area contributed by atoms with Crippen molar-refractivity contribution in [2.75, 3.05) is 5.73 Å². The van der Waals surface area contributed by atoms with Crippen LogP contribution in [0.5, 0.6) is 0 Å². The molecule has 3 aromatic rings. The number of nitrogen functional groups attached to an aromatic ring is 1. The number of nitrogens with two attached hydrogens (primary N) is 1. The molecule has 0 radical (unpaired) electrons. The highest BCUT2D eigenvalue weighted by molar-refractivity contribution is 8.01. The molecule has 0 aliphatic carbocycles. The van der Waals surface area contributed by atoms with Crippen LogP contribution in [0.1, 0.15) is 5.82 Å². The van der Waals surface area contributed by atoms with Crippen LogP contribution in [-0.2, 0) is 0 Å². The summed E-state index contributed by atoms with van der Waals surface area (Å²) in [5.41, 5.74) is 7.21. The molecule has 96 valence electrons. The Morgan fingerprint density at radius 1 is 1.32 bits per heavy atom. The summed E-state index contributed by atoms with van der Waals surface area (Å²) >= 11 is 2.92. The minimum Gasteiger partial charge on any atom is -0.399 e. The summed E-state index contributed by atoms with van der Waals surface area (Å²) in [6, 6.07) is 7.08. The molecular formula is C12H10N4OS2. The SMILES string of the molecule is Cc1nc(Sc2nc3ccc(N)cc3s2)cc(=O)[nH]1. The van der Waals surface area contributed by atoms with E-state index >= 15 is 0 Å². The van der Waals surface area contributed by atoms with E-state index in [4.69, 9.17) is 5.73 Å². The average molecular weight is 290 g/mol. The Balaban J connectivity index is 1.98. The van der Waals surface area contributed by atoms with Crippen molar-refractivity contribution in [3.63, 3.8) is 0 Å². The summed E-state index contributed by atoms with van der Waals surface area (Å²) in [5.74, 6) is 0.598. The maximum Gasteiger partial charge on any atom is 0.251 e. The minimum atomic E-state index is -0.152. The predicted octanol–water partition coefficient (Wildman–Crippen LogP) is 2.42. The van der Waals surface area contributed by atoms with E-state index in [2.05, 4.69) is 15.0 Å². The van der Waals surface area contributed by atoms with Gasteiger partial charge in [-0.1, -0.05) is 0 Å². The van der Waals surface area contributed by atoms with Crippen molar-refractivity contribution in [3.05, 3.63) is 40.4 Å². The number of aromatic amines is 1. The number of thiazole rings is 1. The van der Waals surface area contributed by atoms with Crippen LogP contribution in [0, 0.1) is 6.92 Å². The second-order valence-electron chi connectivity index (χ2n) is 3.98. The fraction of sp³-hybridized carbons (Fsp3) is 0.0833. The second kappa shape index (κ2) is 4.67. The molecule has 0 saturated carbocycles. The smallest absolute Gasteiger partial charge is 0.251 e. The van der Waals surface area contributed by atoms with Gasteiger partial charge in [-0.2, -0.15) is 0 Å². The van der Waals surface area contributed by atoms with E-state index in [0.29, 0.717) is 10.9 Å². The van der Waals surface area contributed by atoms with Crippen LogP contribution in [0.4, 0.5) is 5.69 Å². The van der Waals surface area contributed by atoms with Crippen LogP contribution >= 0.6 is 23.1 Å². The highest BCUT2D eigenvalue weighted by Crippen LogP contribution is 2.33. The molecule has 0 atom stereocenters. The third-order valence-corrected chi connectivity index (χ3v) is 4.42. The number of anilines is 1. The zero-order chi connectivity index (χ0) is 13.4. The van der Waals surface area contributed by atoms with Crippen molar-refractivity contribution in [2.45, 2.75) is 16.3 Å². The molecule has 0 fully saturated rings. The van der Waals surface area contributed by atoms with E-state index in [0.717, 1.165) is 20.2 Å². The molecule has 3 N–H and O–H groups in total. The normalized spacial score (nSPS) is 11.0. The fourth-order valence-corrected chi connectivity index (χ4v) is 3.77. The number of H-pyrrole nitrogens is 1. The number of hydrogen-bond donors (Lipinski definition) is 2. The highest BCUT2D eigenvalue weighted by atomic mass is 32.2. The molecular weight excluding hydrogens is 280 g/mol. The van der Waals surface area contributed by atoms with E-state index < -0.39 is 0 Å². The maximum absolute atomic E-state index is 11.4. The maximum atomic E-state index is 11.4. The van der Waals surface area contributed by atoms with Gasteiger partial charge >= 0.3 is 0 Å². The number of aromatic nitrogens is 3.